The lowest BCUT2D eigenvalue weighted by Crippen LogP contribution is -2.68. The summed E-state index contributed by atoms with van der Waals surface area (Å²) in [5.74, 6) is 3.24. The second-order valence-corrected chi connectivity index (χ2v) is 21.9. The van der Waals surface area contributed by atoms with Gasteiger partial charge in [-0.3, -0.25) is 4.79 Å². The Labute approximate surface area is 330 Å². The minimum Gasteiger partial charge on any atom is -0.393 e. The molecule has 298 valence electrons. The average Bonchev–Trinajstić information content (AvgIpc) is 3.44. The molecule has 3 N–H and O–H groups in total. The Bertz CT molecular complexity index is 1730. The highest BCUT2D eigenvalue weighted by Crippen LogP contribution is 2.78. The summed E-state index contributed by atoms with van der Waals surface area (Å²) in [5.41, 5.74) is 0.0340. The molecule has 1 unspecified atom stereocenters. The van der Waals surface area contributed by atoms with Gasteiger partial charge in [-0.25, -0.2) is 4.79 Å². The number of allylic oxidation sites excluding steroid dienone is 4. The largest absolute Gasteiger partial charge is 0.393 e. The summed E-state index contributed by atoms with van der Waals surface area (Å²) in [6.07, 6.45) is 26.1. The van der Waals surface area contributed by atoms with Crippen LogP contribution < -0.4 is 5.32 Å². The molecule has 11 aliphatic rings. The summed E-state index contributed by atoms with van der Waals surface area (Å²) >= 11 is 0. The van der Waals surface area contributed by atoms with E-state index in [1.54, 1.807) is 0 Å². The van der Waals surface area contributed by atoms with Gasteiger partial charge in [-0.15, -0.1) is 0 Å². The van der Waals surface area contributed by atoms with Crippen LogP contribution in [0.4, 0.5) is 4.79 Å². The van der Waals surface area contributed by atoms with Crippen LogP contribution >= 0.6 is 0 Å². The number of ketones is 1. The fourth-order valence-electron chi connectivity index (χ4n) is 16.7. The molecule has 1 aromatic carbocycles. The standard InChI is InChI=1S/C49H68N2O4/c1-32(36-10-6-4-7-11-36)50-43(54)51(30-46-25-33-22-34(26-46)24-35(23-33)27-46)31-48(55)19-16-41-45(48,3)18-15-40-44(2)17-14-38(52)28-47(44)20-21-49(40,41)39(29-47)42(53)37-12-8-5-9-13-37/h4,6-7,10-11,20-21,29,32-35,37-38,40-41,52,55H,5,8-9,12-19,22-28,30-31H2,1-3H3,(H,50,54)/t32-,33?,34?,35?,38?,40-,41-,44-,45+,46?,47+,48-,49-/m1/s1. The van der Waals surface area contributed by atoms with E-state index in [1.165, 1.54) is 44.9 Å². The average molecular weight is 749 g/mol. The predicted molar refractivity (Wildman–Crippen MR) is 216 cm³/mol. The highest BCUT2D eigenvalue weighted by Gasteiger charge is 2.75. The lowest BCUT2D eigenvalue weighted by molar-refractivity contribution is -0.179. The number of carbonyl (C=O) groups is 2. The van der Waals surface area contributed by atoms with E-state index in [-0.39, 0.29) is 46.3 Å². The van der Waals surface area contributed by atoms with Crippen LogP contribution in [0.1, 0.15) is 148 Å². The van der Waals surface area contributed by atoms with Crippen molar-refractivity contribution in [1.29, 1.82) is 0 Å². The Morgan fingerprint density at radius 1 is 0.800 bits per heavy atom. The topological polar surface area (TPSA) is 89.9 Å². The molecule has 2 amide bonds. The number of aliphatic hydroxyl groups excluding tert-OH is 1. The number of carbonyl (C=O) groups excluding carboxylic acids is 2. The first-order chi connectivity index (χ1) is 26.3. The van der Waals surface area contributed by atoms with Crippen molar-refractivity contribution in [2.45, 2.75) is 154 Å². The number of aliphatic hydroxyl groups is 2. The fraction of sp³-hybridized carbons (Fsp3) is 0.755. The Kier molecular flexibility index (Phi) is 8.57. The van der Waals surface area contributed by atoms with E-state index in [4.69, 9.17) is 0 Å². The molecule has 0 aliphatic heterocycles. The minimum atomic E-state index is -1.06. The quantitative estimate of drug-likeness (QED) is 0.231. The Balaban J connectivity index is 1.01. The molecule has 8 saturated carbocycles. The summed E-state index contributed by atoms with van der Waals surface area (Å²) in [6, 6.07) is 10.1. The van der Waals surface area contributed by atoms with Crippen LogP contribution in [-0.4, -0.2) is 51.7 Å². The van der Waals surface area contributed by atoms with E-state index in [9.17, 15) is 15.0 Å². The second kappa shape index (κ2) is 12.8. The van der Waals surface area contributed by atoms with Gasteiger partial charge in [0.05, 0.1) is 24.3 Å². The molecule has 9 atom stereocenters. The number of Topliss-reactive ketones (excluding diaryl/α,β-unsaturated/α-hetero) is 1. The first-order valence-electron chi connectivity index (χ1n) is 22.8. The van der Waals surface area contributed by atoms with Crippen molar-refractivity contribution < 1.29 is 19.8 Å². The number of hydrogen-bond acceptors (Lipinski definition) is 4. The van der Waals surface area contributed by atoms with Crippen LogP contribution in [0.25, 0.3) is 0 Å². The Hall–Kier alpha value is -2.44. The molecule has 6 heteroatoms. The molecular formula is C49H68N2O4. The van der Waals surface area contributed by atoms with Crippen LogP contribution in [0.5, 0.6) is 0 Å². The predicted octanol–water partition coefficient (Wildman–Crippen LogP) is 9.72. The molecule has 6 nitrogen and oxygen atoms in total. The van der Waals surface area contributed by atoms with Crippen LogP contribution in [0, 0.1) is 62.6 Å². The van der Waals surface area contributed by atoms with Crippen LogP contribution in [0.3, 0.4) is 0 Å². The van der Waals surface area contributed by atoms with Crippen molar-refractivity contribution >= 4 is 11.8 Å². The van der Waals surface area contributed by atoms with Gasteiger partial charge in [0.2, 0.25) is 0 Å². The van der Waals surface area contributed by atoms with E-state index < -0.39 is 16.4 Å². The zero-order valence-electron chi connectivity index (χ0n) is 34.0. The molecule has 12 rings (SSSR count). The lowest BCUT2D eigenvalue weighted by atomic mass is 9.32. The summed E-state index contributed by atoms with van der Waals surface area (Å²) in [7, 11) is 0. The highest BCUT2D eigenvalue weighted by atomic mass is 16.3. The number of nitrogens with zero attached hydrogens (tertiary/aromatic N) is 1. The van der Waals surface area contributed by atoms with Crippen molar-refractivity contribution in [1.82, 2.24) is 10.2 Å². The zero-order valence-corrected chi connectivity index (χ0v) is 34.0. The Morgan fingerprint density at radius 3 is 2.13 bits per heavy atom. The molecule has 8 fully saturated rings. The first-order valence-corrected chi connectivity index (χ1v) is 22.8. The fourth-order valence-corrected chi connectivity index (χ4v) is 16.7. The molecule has 2 spiro atoms. The van der Waals surface area contributed by atoms with Crippen molar-refractivity contribution in [2.24, 2.45) is 62.6 Å². The van der Waals surface area contributed by atoms with Crippen molar-refractivity contribution in [2.75, 3.05) is 13.1 Å². The van der Waals surface area contributed by atoms with Gasteiger partial charge in [0.1, 0.15) is 0 Å². The summed E-state index contributed by atoms with van der Waals surface area (Å²) in [6.45, 7) is 7.99. The second-order valence-electron chi connectivity index (χ2n) is 21.9. The maximum Gasteiger partial charge on any atom is 0.317 e. The summed E-state index contributed by atoms with van der Waals surface area (Å²) in [4.78, 5) is 31.9. The number of fused-ring (bicyclic) bond motifs is 1. The molecule has 11 aliphatic carbocycles. The smallest absolute Gasteiger partial charge is 0.317 e. The van der Waals surface area contributed by atoms with E-state index in [0.29, 0.717) is 31.1 Å². The molecule has 1 aromatic rings. The zero-order chi connectivity index (χ0) is 38.0. The van der Waals surface area contributed by atoms with Gasteiger partial charge in [-0.05, 0) is 149 Å². The van der Waals surface area contributed by atoms with Crippen molar-refractivity contribution in [3.05, 3.63) is 59.7 Å². The van der Waals surface area contributed by atoms with E-state index >= 15 is 4.79 Å². The molecular weight excluding hydrogens is 681 g/mol. The maximum absolute atomic E-state index is 15.1. The summed E-state index contributed by atoms with van der Waals surface area (Å²) in [5, 5.41) is 28.0. The maximum atomic E-state index is 15.1. The van der Waals surface area contributed by atoms with Gasteiger partial charge < -0.3 is 20.4 Å². The molecule has 0 radical (unpaired) electrons. The van der Waals surface area contributed by atoms with Crippen molar-refractivity contribution in [3.8, 4) is 0 Å². The summed E-state index contributed by atoms with van der Waals surface area (Å²) < 4.78 is 0. The number of nitrogens with one attached hydrogen (secondary N) is 1. The number of amides is 2. The SMILES string of the molecule is C[C@@H](NC(=O)N(CC12CC3CC(CC(C3)C1)C2)C[C@]1(O)CC[C@H]2[C@]34C=C[C@@]5(C=C3C(=O)C3CCCCC3)CC(O)CC[C@]5(C)[C@H]4CC[C@@]21C)c1ccccc1. The number of urea groups is 1. The molecule has 0 aromatic heterocycles. The number of rotatable bonds is 8. The van der Waals surface area contributed by atoms with Crippen LogP contribution in [0.2, 0.25) is 0 Å². The molecule has 0 saturated heterocycles. The monoisotopic (exact) mass is 749 g/mol. The van der Waals surface area contributed by atoms with E-state index in [2.05, 4.69) is 61.3 Å². The van der Waals surface area contributed by atoms with Gasteiger partial charge in [0.25, 0.3) is 0 Å². The van der Waals surface area contributed by atoms with Gasteiger partial charge in [-0.1, -0.05) is 81.7 Å². The third kappa shape index (κ3) is 5.37. The third-order valence-electron chi connectivity index (χ3n) is 19.0. The van der Waals surface area contributed by atoms with Gasteiger partial charge in [-0.2, -0.15) is 0 Å². The highest BCUT2D eigenvalue weighted by molar-refractivity contribution is 6.00. The molecule has 0 heterocycles. The minimum absolute atomic E-state index is 0.0304. The van der Waals surface area contributed by atoms with Gasteiger partial charge >= 0.3 is 6.03 Å². The number of hydrogen-bond donors (Lipinski definition) is 3. The molecule has 55 heavy (non-hydrogen) atoms. The normalized spacial score (nSPS) is 47.0. The number of benzene rings is 1. The van der Waals surface area contributed by atoms with E-state index in [0.717, 1.165) is 93.2 Å². The van der Waals surface area contributed by atoms with Crippen LogP contribution in [-0.2, 0) is 4.79 Å². The van der Waals surface area contributed by atoms with Crippen molar-refractivity contribution in [3.63, 3.8) is 0 Å². The third-order valence-corrected chi connectivity index (χ3v) is 19.0. The lowest BCUT2D eigenvalue weighted by Gasteiger charge is -2.71. The van der Waals surface area contributed by atoms with Crippen LogP contribution in [0.15, 0.2) is 54.1 Å². The Morgan fingerprint density at radius 2 is 1.44 bits per heavy atom. The first kappa shape index (κ1) is 36.9. The van der Waals surface area contributed by atoms with Gasteiger partial charge in [0.15, 0.2) is 5.78 Å². The molecule has 6 bridgehead atoms. The van der Waals surface area contributed by atoms with Gasteiger partial charge in [0, 0.05) is 34.3 Å². The van der Waals surface area contributed by atoms with E-state index in [1.807, 2.05) is 18.2 Å².